The SMILES string of the molecule is Cc1cccc(NCCn2cc(C)cnc2=O)c1. The van der Waals surface area contributed by atoms with Crippen LogP contribution in [0, 0.1) is 13.8 Å². The zero-order valence-corrected chi connectivity index (χ0v) is 10.7. The van der Waals surface area contributed by atoms with Gasteiger partial charge < -0.3 is 5.32 Å². The van der Waals surface area contributed by atoms with Crippen molar-refractivity contribution in [1.82, 2.24) is 9.55 Å². The van der Waals surface area contributed by atoms with Crippen LogP contribution in [-0.4, -0.2) is 16.1 Å². The summed E-state index contributed by atoms with van der Waals surface area (Å²) in [6.07, 6.45) is 3.42. The van der Waals surface area contributed by atoms with E-state index in [9.17, 15) is 4.79 Å². The van der Waals surface area contributed by atoms with E-state index in [2.05, 4.69) is 29.4 Å². The van der Waals surface area contributed by atoms with Gasteiger partial charge in [-0.3, -0.25) is 4.57 Å². The van der Waals surface area contributed by atoms with Crippen LogP contribution in [-0.2, 0) is 6.54 Å². The van der Waals surface area contributed by atoms with Gasteiger partial charge in [0.05, 0.1) is 0 Å². The monoisotopic (exact) mass is 243 g/mol. The molecule has 2 rings (SSSR count). The van der Waals surface area contributed by atoms with Crippen molar-refractivity contribution in [3.63, 3.8) is 0 Å². The molecule has 0 spiro atoms. The first-order valence-electron chi connectivity index (χ1n) is 5.99. The van der Waals surface area contributed by atoms with Gasteiger partial charge in [0, 0.05) is 31.2 Å². The predicted octanol–water partition coefficient (Wildman–Crippen LogP) is 1.97. The first-order valence-corrected chi connectivity index (χ1v) is 5.99. The minimum Gasteiger partial charge on any atom is -0.383 e. The van der Waals surface area contributed by atoms with Gasteiger partial charge in [0.1, 0.15) is 0 Å². The Morgan fingerprint density at radius 3 is 2.89 bits per heavy atom. The van der Waals surface area contributed by atoms with Crippen molar-refractivity contribution < 1.29 is 0 Å². The fourth-order valence-electron chi connectivity index (χ4n) is 1.80. The maximum atomic E-state index is 11.5. The van der Waals surface area contributed by atoms with E-state index in [0.29, 0.717) is 13.1 Å². The van der Waals surface area contributed by atoms with Crippen molar-refractivity contribution in [3.8, 4) is 0 Å². The molecule has 0 aliphatic carbocycles. The van der Waals surface area contributed by atoms with Crippen molar-refractivity contribution in [1.29, 1.82) is 0 Å². The van der Waals surface area contributed by atoms with E-state index in [1.807, 2.05) is 25.3 Å². The molecule has 4 heteroatoms. The number of hydrogen-bond donors (Lipinski definition) is 1. The highest BCUT2D eigenvalue weighted by Gasteiger charge is 1.97. The number of aromatic nitrogens is 2. The second-order valence-corrected chi connectivity index (χ2v) is 4.40. The molecule has 18 heavy (non-hydrogen) atoms. The molecule has 2 aromatic rings. The summed E-state index contributed by atoms with van der Waals surface area (Å²) in [6, 6.07) is 8.17. The van der Waals surface area contributed by atoms with Crippen LogP contribution < -0.4 is 11.0 Å². The molecule has 0 saturated heterocycles. The van der Waals surface area contributed by atoms with Gasteiger partial charge in [0.25, 0.3) is 0 Å². The van der Waals surface area contributed by atoms with Gasteiger partial charge in [-0.25, -0.2) is 9.78 Å². The minimum absolute atomic E-state index is 0.202. The lowest BCUT2D eigenvalue weighted by molar-refractivity contribution is 0.669. The van der Waals surface area contributed by atoms with Crippen LogP contribution in [0.5, 0.6) is 0 Å². The molecule has 0 fully saturated rings. The van der Waals surface area contributed by atoms with Crippen molar-refractivity contribution in [2.24, 2.45) is 0 Å². The molecule has 0 atom stereocenters. The summed E-state index contributed by atoms with van der Waals surface area (Å²) < 4.78 is 1.62. The Hall–Kier alpha value is -2.10. The maximum absolute atomic E-state index is 11.5. The number of anilines is 1. The molecule has 1 heterocycles. The average molecular weight is 243 g/mol. The highest BCUT2D eigenvalue weighted by molar-refractivity contribution is 5.45. The van der Waals surface area contributed by atoms with E-state index in [1.54, 1.807) is 10.8 Å². The topological polar surface area (TPSA) is 46.9 Å². The Morgan fingerprint density at radius 2 is 2.11 bits per heavy atom. The first-order chi connectivity index (χ1) is 8.65. The van der Waals surface area contributed by atoms with Gasteiger partial charge in [0.15, 0.2) is 0 Å². The number of benzene rings is 1. The van der Waals surface area contributed by atoms with Crippen molar-refractivity contribution >= 4 is 5.69 Å². The predicted molar refractivity (Wildman–Crippen MR) is 72.9 cm³/mol. The van der Waals surface area contributed by atoms with Crippen LogP contribution in [0.4, 0.5) is 5.69 Å². The number of rotatable bonds is 4. The van der Waals surface area contributed by atoms with E-state index in [1.165, 1.54) is 5.56 Å². The molecule has 1 aromatic heterocycles. The fourth-order valence-corrected chi connectivity index (χ4v) is 1.80. The van der Waals surface area contributed by atoms with Gasteiger partial charge in [-0.1, -0.05) is 12.1 Å². The normalized spacial score (nSPS) is 10.3. The second kappa shape index (κ2) is 5.49. The molecule has 94 valence electrons. The van der Waals surface area contributed by atoms with Crippen LogP contribution in [0.3, 0.4) is 0 Å². The largest absolute Gasteiger partial charge is 0.383 e. The van der Waals surface area contributed by atoms with Crippen LogP contribution in [0.1, 0.15) is 11.1 Å². The zero-order chi connectivity index (χ0) is 13.0. The van der Waals surface area contributed by atoms with Gasteiger partial charge in [0.2, 0.25) is 0 Å². The number of nitrogens with one attached hydrogen (secondary N) is 1. The molecule has 0 bridgehead atoms. The number of hydrogen-bond acceptors (Lipinski definition) is 3. The van der Waals surface area contributed by atoms with Crippen LogP contribution >= 0.6 is 0 Å². The van der Waals surface area contributed by atoms with Crippen molar-refractivity contribution in [3.05, 3.63) is 58.3 Å². The third kappa shape index (κ3) is 3.20. The number of aryl methyl sites for hydroxylation is 2. The van der Waals surface area contributed by atoms with E-state index in [-0.39, 0.29) is 5.69 Å². The second-order valence-electron chi connectivity index (χ2n) is 4.40. The summed E-state index contributed by atoms with van der Waals surface area (Å²) in [5.41, 5.74) is 3.08. The number of nitrogens with zero attached hydrogens (tertiary/aromatic N) is 2. The lowest BCUT2D eigenvalue weighted by Gasteiger charge is -2.09. The molecule has 0 aliphatic heterocycles. The zero-order valence-electron chi connectivity index (χ0n) is 10.7. The molecule has 0 unspecified atom stereocenters. The Balaban J connectivity index is 1.96. The lowest BCUT2D eigenvalue weighted by Crippen LogP contribution is -2.25. The minimum atomic E-state index is -0.202. The van der Waals surface area contributed by atoms with Gasteiger partial charge in [-0.15, -0.1) is 0 Å². The molecule has 0 radical (unpaired) electrons. The van der Waals surface area contributed by atoms with Crippen molar-refractivity contribution in [2.75, 3.05) is 11.9 Å². The molecule has 0 saturated carbocycles. The molecular formula is C14H17N3O. The fraction of sp³-hybridized carbons (Fsp3) is 0.286. The summed E-state index contributed by atoms with van der Waals surface area (Å²) in [7, 11) is 0. The van der Waals surface area contributed by atoms with E-state index in [0.717, 1.165) is 11.3 Å². The Labute approximate surface area is 106 Å². The van der Waals surface area contributed by atoms with E-state index < -0.39 is 0 Å². The third-order valence-electron chi connectivity index (χ3n) is 2.68. The van der Waals surface area contributed by atoms with Crippen LogP contribution in [0.2, 0.25) is 0 Å². The summed E-state index contributed by atoms with van der Waals surface area (Å²) in [5, 5.41) is 3.29. The van der Waals surface area contributed by atoms with Gasteiger partial charge >= 0.3 is 5.69 Å². The molecule has 0 aliphatic rings. The van der Waals surface area contributed by atoms with E-state index >= 15 is 0 Å². The molecule has 1 N–H and O–H groups in total. The van der Waals surface area contributed by atoms with E-state index in [4.69, 9.17) is 0 Å². The summed E-state index contributed by atoms with van der Waals surface area (Å²) >= 11 is 0. The highest BCUT2D eigenvalue weighted by atomic mass is 16.1. The Bertz CT molecular complexity index is 590. The highest BCUT2D eigenvalue weighted by Crippen LogP contribution is 2.08. The summed E-state index contributed by atoms with van der Waals surface area (Å²) in [5.74, 6) is 0. The van der Waals surface area contributed by atoms with Gasteiger partial charge in [-0.05, 0) is 37.1 Å². The third-order valence-corrected chi connectivity index (χ3v) is 2.68. The first kappa shape index (κ1) is 12.4. The Morgan fingerprint density at radius 1 is 1.28 bits per heavy atom. The van der Waals surface area contributed by atoms with Crippen LogP contribution in [0.25, 0.3) is 0 Å². The Kier molecular flexibility index (Phi) is 3.77. The smallest absolute Gasteiger partial charge is 0.347 e. The summed E-state index contributed by atoms with van der Waals surface area (Å²) in [6.45, 7) is 5.30. The van der Waals surface area contributed by atoms with Crippen molar-refractivity contribution in [2.45, 2.75) is 20.4 Å². The lowest BCUT2D eigenvalue weighted by atomic mass is 10.2. The van der Waals surface area contributed by atoms with Gasteiger partial charge in [-0.2, -0.15) is 0 Å². The maximum Gasteiger partial charge on any atom is 0.347 e. The summed E-state index contributed by atoms with van der Waals surface area (Å²) in [4.78, 5) is 15.3. The average Bonchev–Trinajstić information content (AvgIpc) is 2.34. The molecule has 4 nitrogen and oxygen atoms in total. The van der Waals surface area contributed by atoms with Crippen LogP contribution in [0.15, 0.2) is 41.5 Å². The molecular weight excluding hydrogens is 226 g/mol. The molecule has 1 aromatic carbocycles. The molecule has 0 amide bonds. The quantitative estimate of drug-likeness (QED) is 0.893. The standard InChI is InChI=1S/C14H17N3O/c1-11-4-3-5-13(8-11)15-6-7-17-10-12(2)9-16-14(17)18/h3-5,8-10,15H,6-7H2,1-2H3.